The average molecular weight is 379 g/mol. The molecule has 1 saturated carbocycles. The van der Waals surface area contributed by atoms with Gasteiger partial charge in [0.1, 0.15) is 0 Å². The van der Waals surface area contributed by atoms with Crippen LogP contribution in [-0.2, 0) is 4.43 Å². The van der Waals surface area contributed by atoms with Gasteiger partial charge in [-0.05, 0) is 35.4 Å². The van der Waals surface area contributed by atoms with Crippen molar-refractivity contribution in [2.24, 2.45) is 11.7 Å². The Morgan fingerprint density at radius 1 is 1.15 bits per heavy atom. The molecule has 1 aliphatic carbocycles. The predicted octanol–water partition coefficient (Wildman–Crippen LogP) is 3.96. The number of nitrogens with zero attached hydrogens (tertiary/aromatic N) is 2. The van der Waals surface area contributed by atoms with Crippen LogP contribution in [0, 0.1) is 5.92 Å². The van der Waals surface area contributed by atoms with Crippen LogP contribution in [0.1, 0.15) is 64.9 Å². The number of nitrogens with two attached hydrogens (primary N) is 1. The average Bonchev–Trinajstić information content (AvgIpc) is 2.51. The van der Waals surface area contributed by atoms with E-state index in [1.54, 1.807) is 6.20 Å². The van der Waals surface area contributed by atoms with Crippen molar-refractivity contribution in [1.29, 1.82) is 0 Å². The van der Waals surface area contributed by atoms with E-state index in [2.05, 4.69) is 56.8 Å². The zero-order valence-electron chi connectivity index (χ0n) is 17.0. The molecule has 1 aromatic heterocycles. The molecule has 1 aliphatic rings. The smallest absolute Gasteiger partial charge is 0.271 e. The highest BCUT2D eigenvalue weighted by atomic mass is 28.4. The molecule has 1 aromatic rings. The zero-order valence-corrected chi connectivity index (χ0v) is 18.0. The summed E-state index contributed by atoms with van der Waals surface area (Å²) in [7, 11) is -1.80. The first-order chi connectivity index (χ1) is 12.2. The summed E-state index contributed by atoms with van der Waals surface area (Å²) in [5.74, 6) is 0.491. The molecule has 0 aliphatic heterocycles. The number of hydrogen-bond donors (Lipinski definition) is 2. The Morgan fingerprint density at radius 2 is 1.69 bits per heavy atom. The fourth-order valence-corrected chi connectivity index (χ4v) is 10.1. The number of hydrogen-bond acceptors (Lipinski definition) is 5. The lowest BCUT2D eigenvalue weighted by molar-refractivity contribution is 0.0995. The largest absolute Gasteiger partial charge is 0.416 e. The third-order valence-electron chi connectivity index (χ3n) is 5.78. The molecule has 0 radical (unpaired) electrons. The Bertz CT molecular complexity index is 594. The van der Waals surface area contributed by atoms with Crippen molar-refractivity contribution in [3.63, 3.8) is 0 Å². The number of carbonyl (C=O) groups is 1. The van der Waals surface area contributed by atoms with Gasteiger partial charge in [0, 0.05) is 25.0 Å². The molecule has 1 heterocycles. The van der Waals surface area contributed by atoms with Gasteiger partial charge in [-0.3, -0.25) is 4.79 Å². The van der Waals surface area contributed by atoms with Gasteiger partial charge in [-0.25, -0.2) is 9.97 Å². The standard InChI is InChI=1S/C19H34N4O2Si/c1-12(2)26(13(3)4,14(5)6)25-11-15-9-16(10-15)23-19-17(18(20)24)21-7-8-22-19/h7-8,12-16H,9-11H2,1-6H3,(H2,20,24)(H,22,23). The quantitative estimate of drug-likeness (QED) is 0.635. The van der Waals surface area contributed by atoms with Gasteiger partial charge < -0.3 is 15.5 Å². The summed E-state index contributed by atoms with van der Waals surface area (Å²) in [6.45, 7) is 14.7. The third kappa shape index (κ3) is 4.26. The first kappa shape index (κ1) is 20.8. The molecule has 0 unspecified atom stereocenters. The molecule has 0 bridgehead atoms. The van der Waals surface area contributed by atoms with Crippen LogP contribution in [0.3, 0.4) is 0 Å². The van der Waals surface area contributed by atoms with E-state index in [9.17, 15) is 4.79 Å². The van der Waals surface area contributed by atoms with Crippen LogP contribution < -0.4 is 11.1 Å². The van der Waals surface area contributed by atoms with E-state index in [-0.39, 0.29) is 5.69 Å². The Labute approximate surface area is 158 Å². The van der Waals surface area contributed by atoms with E-state index in [0.717, 1.165) is 19.4 Å². The minimum absolute atomic E-state index is 0.207. The maximum Gasteiger partial charge on any atom is 0.271 e. The number of primary amides is 1. The van der Waals surface area contributed by atoms with Gasteiger partial charge in [-0.15, -0.1) is 0 Å². The van der Waals surface area contributed by atoms with E-state index in [4.69, 9.17) is 10.2 Å². The second-order valence-corrected chi connectivity index (χ2v) is 13.9. The number of nitrogens with one attached hydrogen (secondary N) is 1. The molecule has 1 amide bonds. The van der Waals surface area contributed by atoms with E-state index in [1.165, 1.54) is 6.20 Å². The molecule has 2 rings (SSSR count). The predicted molar refractivity (Wildman–Crippen MR) is 108 cm³/mol. The van der Waals surface area contributed by atoms with Gasteiger partial charge in [0.05, 0.1) is 0 Å². The van der Waals surface area contributed by atoms with Crippen molar-refractivity contribution in [2.75, 3.05) is 11.9 Å². The number of aromatic nitrogens is 2. The molecule has 146 valence electrons. The van der Waals surface area contributed by atoms with Crippen molar-refractivity contribution in [3.8, 4) is 0 Å². The van der Waals surface area contributed by atoms with Crippen LogP contribution >= 0.6 is 0 Å². The van der Waals surface area contributed by atoms with Gasteiger partial charge in [0.15, 0.2) is 19.8 Å². The number of anilines is 1. The van der Waals surface area contributed by atoms with Crippen LogP contribution in [0.4, 0.5) is 5.82 Å². The summed E-state index contributed by atoms with van der Waals surface area (Å²) in [6.07, 6.45) is 5.10. The summed E-state index contributed by atoms with van der Waals surface area (Å²) in [5, 5.41) is 3.31. The molecule has 0 atom stereocenters. The number of carbonyl (C=O) groups excluding carboxylic acids is 1. The van der Waals surface area contributed by atoms with Crippen molar-refractivity contribution in [2.45, 2.75) is 77.0 Å². The normalized spacial score (nSPS) is 20.5. The number of rotatable bonds is 9. The molecular weight excluding hydrogens is 344 g/mol. The lowest BCUT2D eigenvalue weighted by Gasteiger charge is -2.45. The maximum absolute atomic E-state index is 11.4. The van der Waals surface area contributed by atoms with Crippen molar-refractivity contribution >= 4 is 20.0 Å². The maximum atomic E-state index is 11.4. The molecular formula is C19H34N4O2Si. The lowest BCUT2D eigenvalue weighted by atomic mass is 9.81. The first-order valence-corrected chi connectivity index (χ1v) is 11.8. The second kappa shape index (κ2) is 8.48. The van der Waals surface area contributed by atoms with E-state index >= 15 is 0 Å². The van der Waals surface area contributed by atoms with E-state index in [0.29, 0.717) is 34.4 Å². The molecule has 1 fully saturated rings. The van der Waals surface area contributed by atoms with Crippen LogP contribution in [0.15, 0.2) is 12.4 Å². The molecule has 3 N–H and O–H groups in total. The van der Waals surface area contributed by atoms with Crippen LogP contribution in [0.25, 0.3) is 0 Å². The minimum Gasteiger partial charge on any atom is -0.416 e. The van der Waals surface area contributed by atoms with E-state index < -0.39 is 14.2 Å². The topological polar surface area (TPSA) is 90.1 Å². The second-order valence-electron chi connectivity index (χ2n) is 8.43. The van der Waals surface area contributed by atoms with Gasteiger partial charge >= 0.3 is 0 Å². The molecule has 6 nitrogen and oxygen atoms in total. The minimum atomic E-state index is -1.80. The summed E-state index contributed by atoms with van der Waals surface area (Å²) in [4.78, 5) is 19.7. The lowest BCUT2D eigenvalue weighted by Crippen LogP contribution is -2.50. The molecule has 0 aromatic carbocycles. The van der Waals surface area contributed by atoms with Crippen molar-refractivity contribution < 1.29 is 9.22 Å². The highest BCUT2D eigenvalue weighted by molar-refractivity contribution is 6.77. The molecule has 7 heteroatoms. The van der Waals surface area contributed by atoms with Crippen LogP contribution in [0.5, 0.6) is 0 Å². The summed E-state index contributed by atoms with van der Waals surface area (Å²) < 4.78 is 6.69. The van der Waals surface area contributed by atoms with Gasteiger partial charge in [0.25, 0.3) is 5.91 Å². The highest BCUT2D eigenvalue weighted by Crippen LogP contribution is 2.43. The van der Waals surface area contributed by atoms with Crippen molar-refractivity contribution in [1.82, 2.24) is 9.97 Å². The van der Waals surface area contributed by atoms with E-state index in [1.807, 2.05) is 0 Å². The fourth-order valence-electron chi connectivity index (χ4n) is 4.57. The Morgan fingerprint density at radius 3 is 2.19 bits per heavy atom. The number of amides is 1. The van der Waals surface area contributed by atoms with Gasteiger partial charge in [-0.1, -0.05) is 41.5 Å². The van der Waals surface area contributed by atoms with Gasteiger partial charge in [-0.2, -0.15) is 0 Å². The summed E-state index contributed by atoms with van der Waals surface area (Å²) in [6, 6.07) is 0.298. The SMILES string of the molecule is CC(C)[Si](OCC1CC(Nc2nccnc2C(N)=O)C1)(C(C)C)C(C)C. The zero-order chi connectivity index (χ0) is 19.5. The monoisotopic (exact) mass is 378 g/mol. The Kier molecular flexibility index (Phi) is 6.79. The Balaban J connectivity index is 1.90. The highest BCUT2D eigenvalue weighted by Gasteiger charge is 2.46. The van der Waals surface area contributed by atoms with Crippen molar-refractivity contribution in [3.05, 3.63) is 18.1 Å². The Hall–Kier alpha value is -1.47. The molecule has 0 saturated heterocycles. The summed E-state index contributed by atoms with van der Waals surface area (Å²) in [5.41, 5.74) is 7.38. The van der Waals surface area contributed by atoms with Crippen LogP contribution in [-0.4, -0.2) is 36.8 Å². The molecule has 26 heavy (non-hydrogen) atoms. The van der Waals surface area contributed by atoms with Gasteiger partial charge in [0.2, 0.25) is 0 Å². The fraction of sp³-hybridized carbons (Fsp3) is 0.737. The van der Waals surface area contributed by atoms with Crippen LogP contribution in [0.2, 0.25) is 16.6 Å². The summed E-state index contributed by atoms with van der Waals surface area (Å²) >= 11 is 0. The first-order valence-electron chi connectivity index (χ1n) is 9.69. The molecule has 0 spiro atoms. The third-order valence-corrected chi connectivity index (χ3v) is 11.9.